The van der Waals surface area contributed by atoms with Gasteiger partial charge in [0.15, 0.2) is 5.58 Å². The number of aromatic carboxylic acids is 1. The number of carbonyl (C=O) groups excluding carboxylic acids is 1. The van der Waals surface area contributed by atoms with Crippen LogP contribution in [-0.4, -0.2) is 22.0 Å². The van der Waals surface area contributed by atoms with Crippen LogP contribution in [0, 0.1) is 5.41 Å². The number of esters is 1. The van der Waals surface area contributed by atoms with E-state index in [-0.39, 0.29) is 17.1 Å². The van der Waals surface area contributed by atoms with Gasteiger partial charge in [-0.3, -0.25) is 9.59 Å². The zero-order valence-electron chi connectivity index (χ0n) is 15.3. The van der Waals surface area contributed by atoms with Crippen molar-refractivity contribution in [1.82, 2.24) is 4.98 Å². The maximum absolute atomic E-state index is 12.1. The van der Waals surface area contributed by atoms with Crippen LogP contribution in [0.1, 0.15) is 36.9 Å². The third kappa shape index (κ3) is 4.42. The summed E-state index contributed by atoms with van der Waals surface area (Å²) in [4.78, 5) is 39.2. The fraction of sp³-hybridized carbons (Fsp3) is 0.263. The Hall–Kier alpha value is -3.07. The van der Waals surface area contributed by atoms with E-state index in [1.54, 1.807) is 20.8 Å². The average molecular weight is 403 g/mol. The molecule has 0 spiro atoms. The number of aromatic nitrogens is 1. The molecule has 146 valence electrons. The number of thioether (sulfide) groups is 1. The number of carbonyl (C=O) groups is 2. The van der Waals surface area contributed by atoms with Gasteiger partial charge in [0.05, 0.1) is 16.7 Å². The number of hydrogen-bond acceptors (Lipinski definition) is 8. The first-order chi connectivity index (χ1) is 13.1. The fourth-order valence-corrected chi connectivity index (χ4v) is 2.80. The number of carboxylic acids is 1. The van der Waals surface area contributed by atoms with Gasteiger partial charge in [-0.25, -0.2) is 9.78 Å². The SMILES string of the molecule is CC(C)(C)C(=O)Oc1coc(CSc2nc3cc(C(=O)O)ccc3o2)cc1=O. The van der Waals surface area contributed by atoms with Crippen LogP contribution >= 0.6 is 11.8 Å². The van der Waals surface area contributed by atoms with E-state index in [4.69, 9.17) is 18.7 Å². The first-order valence-electron chi connectivity index (χ1n) is 8.24. The van der Waals surface area contributed by atoms with Gasteiger partial charge in [0.2, 0.25) is 11.2 Å². The fourth-order valence-electron chi connectivity index (χ4n) is 2.08. The Morgan fingerprint density at radius 3 is 2.64 bits per heavy atom. The summed E-state index contributed by atoms with van der Waals surface area (Å²) in [5, 5.41) is 9.32. The summed E-state index contributed by atoms with van der Waals surface area (Å²) in [7, 11) is 0. The molecule has 0 radical (unpaired) electrons. The van der Waals surface area contributed by atoms with E-state index in [1.807, 2.05) is 0 Å². The van der Waals surface area contributed by atoms with Crippen LogP contribution in [0.15, 0.2) is 49.4 Å². The molecular formula is C19H17NO7S. The number of fused-ring (bicyclic) bond motifs is 1. The van der Waals surface area contributed by atoms with Crippen LogP contribution < -0.4 is 10.2 Å². The predicted molar refractivity (Wildman–Crippen MR) is 101 cm³/mol. The van der Waals surface area contributed by atoms with Crippen LogP contribution in [0.25, 0.3) is 11.1 Å². The Morgan fingerprint density at radius 2 is 2.00 bits per heavy atom. The van der Waals surface area contributed by atoms with E-state index >= 15 is 0 Å². The van der Waals surface area contributed by atoms with Gasteiger partial charge in [-0.1, -0.05) is 11.8 Å². The molecule has 0 amide bonds. The first-order valence-corrected chi connectivity index (χ1v) is 9.23. The lowest BCUT2D eigenvalue weighted by molar-refractivity contribution is -0.143. The van der Waals surface area contributed by atoms with Crippen molar-refractivity contribution in [3.05, 3.63) is 52.1 Å². The molecule has 0 aliphatic carbocycles. The summed E-state index contributed by atoms with van der Waals surface area (Å²) in [6.07, 6.45) is 1.10. The molecule has 9 heteroatoms. The molecule has 1 aromatic carbocycles. The van der Waals surface area contributed by atoms with Gasteiger partial charge >= 0.3 is 11.9 Å². The maximum atomic E-state index is 12.1. The van der Waals surface area contributed by atoms with Gasteiger partial charge in [0.25, 0.3) is 5.22 Å². The molecule has 28 heavy (non-hydrogen) atoms. The Kier molecular flexibility index (Phi) is 5.28. The minimum Gasteiger partial charge on any atom is -0.478 e. The summed E-state index contributed by atoms with van der Waals surface area (Å²) in [6, 6.07) is 5.63. The Labute approximate surface area is 163 Å². The highest BCUT2D eigenvalue weighted by Gasteiger charge is 2.25. The molecule has 1 N–H and O–H groups in total. The lowest BCUT2D eigenvalue weighted by atomic mass is 9.97. The number of benzene rings is 1. The van der Waals surface area contributed by atoms with Crippen molar-refractivity contribution in [2.45, 2.75) is 31.7 Å². The highest BCUT2D eigenvalue weighted by atomic mass is 32.2. The molecule has 3 rings (SSSR count). The van der Waals surface area contributed by atoms with Crippen molar-refractivity contribution < 1.29 is 28.3 Å². The molecule has 2 heterocycles. The summed E-state index contributed by atoms with van der Waals surface area (Å²) in [5.74, 6) is -1.15. The molecule has 0 saturated carbocycles. The number of oxazole rings is 1. The second-order valence-corrected chi connectivity index (χ2v) is 7.90. The average Bonchev–Trinajstić information content (AvgIpc) is 3.03. The van der Waals surface area contributed by atoms with E-state index in [9.17, 15) is 14.4 Å². The molecule has 0 bridgehead atoms. The minimum absolute atomic E-state index is 0.115. The third-order valence-corrected chi connectivity index (χ3v) is 4.47. The highest BCUT2D eigenvalue weighted by molar-refractivity contribution is 7.98. The lowest BCUT2D eigenvalue weighted by Gasteiger charge is -2.15. The zero-order chi connectivity index (χ0) is 20.5. The smallest absolute Gasteiger partial charge is 0.335 e. The van der Waals surface area contributed by atoms with Gasteiger partial charge in [0.1, 0.15) is 17.5 Å². The summed E-state index contributed by atoms with van der Waals surface area (Å²) >= 11 is 1.18. The van der Waals surface area contributed by atoms with Crippen LogP contribution in [-0.2, 0) is 10.5 Å². The van der Waals surface area contributed by atoms with Crippen molar-refractivity contribution in [3.63, 3.8) is 0 Å². The van der Waals surface area contributed by atoms with Gasteiger partial charge in [-0.15, -0.1) is 0 Å². The number of nitrogens with zero attached hydrogens (tertiary/aromatic N) is 1. The van der Waals surface area contributed by atoms with E-state index < -0.39 is 22.8 Å². The number of hydrogen-bond donors (Lipinski definition) is 1. The van der Waals surface area contributed by atoms with Crippen LogP contribution in [0.4, 0.5) is 0 Å². The first kappa shape index (κ1) is 19.7. The van der Waals surface area contributed by atoms with Crippen molar-refractivity contribution in [2.24, 2.45) is 5.41 Å². The van der Waals surface area contributed by atoms with Crippen LogP contribution in [0.3, 0.4) is 0 Å². The monoisotopic (exact) mass is 403 g/mol. The second-order valence-electron chi connectivity index (χ2n) is 6.97. The normalized spacial score (nSPS) is 11.5. The van der Waals surface area contributed by atoms with Crippen LogP contribution in [0.2, 0.25) is 0 Å². The van der Waals surface area contributed by atoms with E-state index in [2.05, 4.69) is 4.98 Å². The lowest BCUT2D eigenvalue weighted by Crippen LogP contribution is -2.27. The summed E-state index contributed by atoms with van der Waals surface area (Å²) < 4.78 is 16.0. The molecule has 0 aliphatic heterocycles. The van der Waals surface area contributed by atoms with Crippen molar-refractivity contribution >= 4 is 34.8 Å². The zero-order valence-corrected chi connectivity index (χ0v) is 16.2. The number of rotatable bonds is 5. The largest absolute Gasteiger partial charge is 0.478 e. The van der Waals surface area contributed by atoms with Gasteiger partial charge in [-0.05, 0) is 39.0 Å². The van der Waals surface area contributed by atoms with Gasteiger partial charge in [-0.2, -0.15) is 0 Å². The Bertz CT molecular complexity index is 1110. The second kappa shape index (κ2) is 7.51. The Balaban J connectivity index is 1.70. The van der Waals surface area contributed by atoms with E-state index in [0.29, 0.717) is 22.1 Å². The molecular weight excluding hydrogens is 386 g/mol. The molecule has 0 unspecified atom stereocenters. The molecule has 2 aromatic heterocycles. The summed E-state index contributed by atoms with van der Waals surface area (Å²) in [6.45, 7) is 5.05. The maximum Gasteiger partial charge on any atom is 0.335 e. The van der Waals surface area contributed by atoms with Crippen molar-refractivity contribution in [3.8, 4) is 5.75 Å². The van der Waals surface area contributed by atoms with Gasteiger partial charge in [0, 0.05) is 6.07 Å². The molecule has 3 aromatic rings. The summed E-state index contributed by atoms with van der Waals surface area (Å²) in [5.41, 5.74) is -0.215. The van der Waals surface area contributed by atoms with Crippen molar-refractivity contribution in [1.29, 1.82) is 0 Å². The van der Waals surface area contributed by atoms with E-state index in [1.165, 1.54) is 36.0 Å². The van der Waals surface area contributed by atoms with Gasteiger partial charge < -0.3 is 18.7 Å². The highest BCUT2D eigenvalue weighted by Crippen LogP contribution is 2.27. The Morgan fingerprint density at radius 1 is 1.25 bits per heavy atom. The molecule has 0 fully saturated rings. The minimum atomic E-state index is -1.05. The number of carboxylic acid groups (broad SMARTS) is 1. The quantitative estimate of drug-likeness (QED) is 0.502. The van der Waals surface area contributed by atoms with Crippen molar-refractivity contribution in [2.75, 3.05) is 0 Å². The standard InChI is InChI=1S/C19H17NO7S/c1-19(2,3)17(24)26-15-8-25-11(7-13(15)21)9-28-18-20-12-6-10(16(22)23)4-5-14(12)27-18/h4-8H,9H2,1-3H3,(H,22,23). The molecule has 0 saturated heterocycles. The topological polar surface area (TPSA) is 120 Å². The van der Waals surface area contributed by atoms with E-state index in [0.717, 1.165) is 6.26 Å². The third-order valence-electron chi connectivity index (χ3n) is 3.62. The molecule has 0 atom stereocenters. The number of ether oxygens (including phenoxy) is 1. The predicted octanol–water partition coefficient (Wildman–Crippen LogP) is 3.72. The molecule has 8 nitrogen and oxygen atoms in total. The van der Waals surface area contributed by atoms with Crippen LogP contribution in [0.5, 0.6) is 5.75 Å². The molecule has 0 aliphatic rings.